The number of hydrogen-bond acceptors (Lipinski definition) is 4. The minimum atomic E-state index is 0.0162. The molecule has 2 fully saturated rings. The monoisotopic (exact) mass is 382 g/mol. The molecule has 2 atom stereocenters. The van der Waals surface area contributed by atoms with Gasteiger partial charge in [0.25, 0.3) is 5.91 Å². The van der Waals surface area contributed by atoms with Crippen LogP contribution in [-0.4, -0.2) is 52.3 Å². The zero-order valence-corrected chi connectivity index (χ0v) is 16.8. The molecule has 1 amide bonds. The molecule has 0 saturated carbocycles. The first kappa shape index (κ1) is 19.0. The summed E-state index contributed by atoms with van der Waals surface area (Å²) in [6.45, 7) is 6.75. The second-order valence-electron chi connectivity index (χ2n) is 8.08. The summed E-state index contributed by atoms with van der Waals surface area (Å²) >= 11 is 0. The van der Waals surface area contributed by atoms with Crippen molar-refractivity contribution in [2.45, 2.75) is 57.5 Å². The summed E-state index contributed by atoms with van der Waals surface area (Å²) in [5.74, 6) is 0.899. The van der Waals surface area contributed by atoms with Gasteiger partial charge in [-0.2, -0.15) is 5.10 Å². The normalized spacial score (nSPS) is 25.1. The van der Waals surface area contributed by atoms with Gasteiger partial charge in [-0.3, -0.25) is 9.89 Å². The molecule has 0 radical (unpaired) electrons. The number of carbonyl (C=O) groups excluding carboxylic acids is 1. The first-order valence-electron chi connectivity index (χ1n) is 10.5. The van der Waals surface area contributed by atoms with E-state index >= 15 is 0 Å². The third kappa shape index (κ3) is 3.65. The molecule has 6 heteroatoms. The highest BCUT2D eigenvalue weighted by Crippen LogP contribution is 2.34. The summed E-state index contributed by atoms with van der Waals surface area (Å²) in [5, 5.41) is 11.1. The van der Waals surface area contributed by atoms with Crippen LogP contribution >= 0.6 is 0 Å². The van der Waals surface area contributed by atoms with Gasteiger partial charge in [-0.05, 0) is 76.4 Å². The Morgan fingerprint density at radius 1 is 1.29 bits per heavy atom. The van der Waals surface area contributed by atoms with Crippen LogP contribution in [0.1, 0.15) is 56.4 Å². The van der Waals surface area contributed by atoms with E-state index in [-0.39, 0.29) is 17.5 Å². The van der Waals surface area contributed by atoms with Crippen molar-refractivity contribution in [1.82, 2.24) is 20.4 Å². The Balaban J connectivity index is 1.53. The number of aromatic nitrogens is 2. The quantitative estimate of drug-likeness (QED) is 0.847. The van der Waals surface area contributed by atoms with Crippen LogP contribution in [0.4, 0.5) is 0 Å². The van der Waals surface area contributed by atoms with E-state index in [1.54, 1.807) is 0 Å². The average Bonchev–Trinajstić information content (AvgIpc) is 3.10. The SMILES string of the molecule is CCOc1ccc(-c2cc(C(=O)N3CCC[C@]4(C)NCCCC[C@H]34)[nH]n2)cc1. The van der Waals surface area contributed by atoms with Crippen molar-refractivity contribution in [2.24, 2.45) is 0 Å². The van der Waals surface area contributed by atoms with Gasteiger partial charge in [0, 0.05) is 23.7 Å². The molecule has 1 aromatic carbocycles. The van der Waals surface area contributed by atoms with E-state index in [4.69, 9.17) is 4.74 Å². The molecule has 2 aliphatic heterocycles. The zero-order chi connectivity index (χ0) is 19.6. The number of nitrogens with one attached hydrogen (secondary N) is 2. The number of benzene rings is 1. The molecule has 0 bridgehead atoms. The number of carbonyl (C=O) groups is 1. The molecule has 4 rings (SSSR count). The second kappa shape index (κ2) is 7.95. The Bertz CT molecular complexity index is 816. The van der Waals surface area contributed by atoms with E-state index < -0.39 is 0 Å². The summed E-state index contributed by atoms with van der Waals surface area (Å²) in [7, 11) is 0. The van der Waals surface area contributed by atoms with Gasteiger partial charge in [0.05, 0.1) is 12.3 Å². The smallest absolute Gasteiger partial charge is 0.272 e. The topological polar surface area (TPSA) is 70.2 Å². The van der Waals surface area contributed by atoms with Crippen LogP contribution in [0, 0.1) is 0 Å². The fourth-order valence-electron chi connectivity index (χ4n) is 4.67. The largest absolute Gasteiger partial charge is 0.494 e. The summed E-state index contributed by atoms with van der Waals surface area (Å²) < 4.78 is 5.49. The van der Waals surface area contributed by atoms with Gasteiger partial charge < -0.3 is 15.0 Å². The van der Waals surface area contributed by atoms with Crippen LogP contribution < -0.4 is 10.1 Å². The standard InChI is InChI=1S/C22H30N4O2/c1-3-28-17-10-8-16(9-11-17)18-15-19(25-24-18)21(27)26-14-6-12-22(2)20(26)7-4-5-13-23-22/h8-11,15,20,23H,3-7,12-14H2,1-2H3,(H,24,25)/t20-,22-/m0/s1. The molecule has 6 nitrogen and oxygen atoms in total. The highest BCUT2D eigenvalue weighted by molar-refractivity contribution is 5.93. The number of likely N-dealkylation sites (tertiary alicyclic amines) is 1. The van der Waals surface area contributed by atoms with Gasteiger partial charge in [-0.25, -0.2) is 0 Å². The molecule has 2 N–H and O–H groups in total. The highest BCUT2D eigenvalue weighted by atomic mass is 16.5. The molecular weight excluding hydrogens is 352 g/mol. The molecular formula is C22H30N4O2. The molecule has 0 spiro atoms. The molecule has 0 unspecified atom stereocenters. The number of aromatic amines is 1. The van der Waals surface area contributed by atoms with E-state index in [9.17, 15) is 4.79 Å². The lowest BCUT2D eigenvalue weighted by Crippen LogP contribution is -2.62. The minimum Gasteiger partial charge on any atom is -0.494 e. The molecule has 2 saturated heterocycles. The number of fused-ring (bicyclic) bond motifs is 1. The van der Waals surface area contributed by atoms with Gasteiger partial charge in [0.15, 0.2) is 0 Å². The van der Waals surface area contributed by atoms with Crippen molar-refractivity contribution in [3.63, 3.8) is 0 Å². The highest BCUT2D eigenvalue weighted by Gasteiger charge is 2.43. The number of hydrogen-bond donors (Lipinski definition) is 2. The number of piperidine rings is 1. The Morgan fingerprint density at radius 3 is 2.89 bits per heavy atom. The van der Waals surface area contributed by atoms with E-state index in [2.05, 4.69) is 27.3 Å². The predicted octanol–water partition coefficient (Wildman–Crippen LogP) is 3.61. The molecule has 2 aliphatic rings. The van der Waals surface area contributed by atoms with Crippen molar-refractivity contribution in [1.29, 1.82) is 0 Å². The number of ether oxygens (including phenoxy) is 1. The first-order valence-corrected chi connectivity index (χ1v) is 10.5. The van der Waals surface area contributed by atoms with Crippen LogP contribution in [-0.2, 0) is 0 Å². The minimum absolute atomic E-state index is 0.0162. The Morgan fingerprint density at radius 2 is 2.11 bits per heavy atom. The first-order chi connectivity index (χ1) is 13.6. The summed E-state index contributed by atoms with van der Waals surface area (Å²) in [6.07, 6.45) is 5.57. The molecule has 2 aromatic rings. The number of nitrogens with zero attached hydrogens (tertiary/aromatic N) is 2. The van der Waals surface area contributed by atoms with Gasteiger partial charge in [0.2, 0.25) is 0 Å². The van der Waals surface area contributed by atoms with E-state index in [0.29, 0.717) is 12.3 Å². The third-order valence-corrected chi connectivity index (χ3v) is 6.17. The second-order valence-corrected chi connectivity index (χ2v) is 8.08. The maximum Gasteiger partial charge on any atom is 0.272 e. The van der Waals surface area contributed by atoms with Crippen molar-refractivity contribution in [3.05, 3.63) is 36.0 Å². The number of rotatable bonds is 4. The lowest BCUT2D eigenvalue weighted by molar-refractivity contribution is 0.0374. The lowest BCUT2D eigenvalue weighted by atomic mass is 9.81. The average molecular weight is 383 g/mol. The lowest BCUT2D eigenvalue weighted by Gasteiger charge is -2.48. The maximum absolute atomic E-state index is 13.3. The fourth-order valence-corrected chi connectivity index (χ4v) is 4.67. The number of H-pyrrole nitrogens is 1. The van der Waals surface area contributed by atoms with Gasteiger partial charge >= 0.3 is 0 Å². The van der Waals surface area contributed by atoms with Crippen LogP contribution in [0.15, 0.2) is 30.3 Å². The van der Waals surface area contributed by atoms with Crippen LogP contribution in [0.2, 0.25) is 0 Å². The summed E-state index contributed by atoms with van der Waals surface area (Å²) in [5.41, 5.74) is 2.34. The van der Waals surface area contributed by atoms with E-state index in [0.717, 1.165) is 55.8 Å². The Labute approximate surface area is 166 Å². The van der Waals surface area contributed by atoms with Gasteiger partial charge in [-0.15, -0.1) is 0 Å². The molecule has 1 aromatic heterocycles. The van der Waals surface area contributed by atoms with E-state index in [1.165, 1.54) is 6.42 Å². The number of amides is 1. The predicted molar refractivity (Wildman–Crippen MR) is 110 cm³/mol. The van der Waals surface area contributed by atoms with Crippen molar-refractivity contribution < 1.29 is 9.53 Å². The molecule has 28 heavy (non-hydrogen) atoms. The fraction of sp³-hybridized carbons (Fsp3) is 0.545. The van der Waals surface area contributed by atoms with Crippen molar-refractivity contribution >= 4 is 5.91 Å². The maximum atomic E-state index is 13.3. The molecule has 3 heterocycles. The summed E-state index contributed by atoms with van der Waals surface area (Å²) in [6, 6.07) is 9.93. The van der Waals surface area contributed by atoms with Crippen molar-refractivity contribution in [3.8, 4) is 17.0 Å². The van der Waals surface area contributed by atoms with Gasteiger partial charge in [-0.1, -0.05) is 6.42 Å². The zero-order valence-electron chi connectivity index (χ0n) is 16.8. The molecule has 150 valence electrons. The van der Waals surface area contributed by atoms with E-state index in [1.807, 2.05) is 37.3 Å². The Hall–Kier alpha value is -2.34. The Kier molecular flexibility index (Phi) is 5.40. The van der Waals surface area contributed by atoms with Crippen LogP contribution in [0.3, 0.4) is 0 Å². The van der Waals surface area contributed by atoms with Crippen LogP contribution in [0.5, 0.6) is 5.75 Å². The third-order valence-electron chi connectivity index (χ3n) is 6.17. The summed E-state index contributed by atoms with van der Waals surface area (Å²) in [4.78, 5) is 15.4. The molecule has 0 aliphatic carbocycles. The van der Waals surface area contributed by atoms with Gasteiger partial charge in [0.1, 0.15) is 11.4 Å². The van der Waals surface area contributed by atoms with Crippen LogP contribution in [0.25, 0.3) is 11.3 Å². The van der Waals surface area contributed by atoms with Crippen molar-refractivity contribution in [2.75, 3.05) is 19.7 Å².